The maximum atomic E-state index is 10.8. The molecule has 7 heteroatoms. The van der Waals surface area contributed by atoms with E-state index in [4.69, 9.17) is 17.3 Å². The molecule has 0 spiro atoms. The number of rotatable bonds is 4. The summed E-state index contributed by atoms with van der Waals surface area (Å²) >= 11 is 6.99. The molecule has 1 aromatic rings. The van der Waals surface area contributed by atoms with Crippen LogP contribution in [0.5, 0.6) is 0 Å². The van der Waals surface area contributed by atoms with Crippen molar-refractivity contribution < 1.29 is 9.53 Å². The Bertz CT molecular complexity index is 341. The van der Waals surface area contributed by atoms with E-state index in [-0.39, 0.29) is 5.97 Å². The summed E-state index contributed by atoms with van der Waals surface area (Å²) in [6, 6.07) is 1.46. The van der Waals surface area contributed by atoms with Gasteiger partial charge in [0.15, 0.2) is 5.16 Å². The molecule has 0 unspecified atom stereocenters. The Balaban J connectivity index is 2.47. The van der Waals surface area contributed by atoms with Crippen LogP contribution < -0.4 is 5.73 Å². The second-order valence-corrected chi connectivity index (χ2v) is 4.02. The zero-order valence-corrected chi connectivity index (χ0v) is 9.64. The first-order valence-corrected chi connectivity index (χ1v) is 5.48. The molecule has 2 N–H and O–H groups in total. The van der Waals surface area contributed by atoms with Gasteiger partial charge in [-0.15, -0.1) is 0 Å². The first-order chi connectivity index (χ1) is 7.11. The molecule has 1 heterocycles. The molecule has 0 saturated carbocycles. The minimum absolute atomic E-state index is 0.266. The average molecular weight is 248 g/mol. The number of carbonyl (C=O) groups excluding carboxylic acids is 1. The number of esters is 1. The van der Waals surface area contributed by atoms with Gasteiger partial charge in [-0.25, -0.2) is 9.97 Å². The Morgan fingerprint density at radius 2 is 2.40 bits per heavy atom. The third kappa shape index (κ3) is 4.35. The van der Waals surface area contributed by atoms with Crippen molar-refractivity contribution >= 4 is 35.1 Å². The lowest BCUT2D eigenvalue weighted by Crippen LogP contribution is -2.02. The van der Waals surface area contributed by atoms with Gasteiger partial charge in [-0.05, 0) is 0 Å². The largest absolute Gasteiger partial charge is 0.469 e. The lowest BCUT2D eigenvalue weighted by molar-refractivity contribution is -0.140. The molecule has 0 fully saturated rings. The molecule has 0 bridgehead atoms. The van der Waals surface area contributed by atoms with E-state index in [2.05, 4.69) is 14.7 Å². The molecule has 0 atom stereocenters. The van der Waals surface area contributed by atoms with Crippen molar-refractivity contribution in [3.63, 3.8) is 0 Å². The van der Waals surface area contributed by atoms with E-state index >= 15 is 0 Å². The Hall–Kier alpha value is -1.01. The van der Waals surface area contributed by atoms with Gasteiger partial charge >= 0.3 is 5.97 Å². The Kier molecular flexibility index (Phi) is 4.64. The summed E-state index contributed by atoms with van der Waals surface area (Å²) in [5.74, 6) is 0.583. The fourth-order valence-corrected chi connectivity index (χ4v) is 1.83. The molecule has 0 aromatic carbocycles. The van der Waals surface area contributed by atoms with Crippen LogP contribution in [0.4, 0.5) is 5.82 Å². The number of hydrogen-bond donors (Lipinski definition) is 1. The van der Waals surface area contributed by atoms with E-state index in [1.54, 1.807) is 0 Å². The number of nitrogens with zero attached hydrogens (tertiary/aromatic N) is 2. The number of nitrogens with two attached hydrogens (primary N) is 1. The topological polar surface area (TPSA) is 78.1 Å². The van der Waals surface area contributed by atoms with Crippen molar-refractivity contribution in [2.24, 2.45) is 0 Å². The average Bonchev–Trinajstić information content (AvgIpc) is 2.16. The molecule has 0 amide bonds. The van der Waals surface area contributed by atoms with Crippen molar-refractivity contribution in [1.82, 2.24) is 9.97 Å². The fourth-order valence-electron chi connectivity index (χ4n) is 0.806. The number of thioether (sulfide) groups is 1. The van der Waals surface area contributed by atoms with Gasteiger partial charge in [0.25, 0.3) is 0 Å². The first-order valence-electron chi connectivity index (χ1n) is 4.11. The van der Waals surface area contributed by atoms with Crippen molar-refractivity contribution in [1.29, 1.82) is 0 Å². The van der Waals surface area contributed by atoms with Gasteiger partial charge < -0.3 is 10.5 Å². The number of carbonyl (C=O) groups is 1. The quantitative estimate of drug-likeness (QED) is 0.375. The zero-order valence-electron chi connectivity index (χ0n) is 8.07. The molecule has 0 saturated heterocycles. The number of hydrogen-bond acceptors (Lipinski definition) is 6. The minimum atomic E-state index is -0.266. The van der Waals surface area contributed by atoms with E-state index in [1.165, 1.54) is 24.9 Å². The van der Waals surface area contributed by atoms with Gasteiger partial charge in [0.2, 0.25) is 0 Å². The highest BCUT2D eigenvalue weighted by atomic mass is 35.5. The predicted octanol–water partition coefficient (Wildman–Crippen LogP) is 1.37. The highest BCUT2D eigenvalue weighted by Gasteiger charge is 2.04. The number of methoxy groups -OCH3 is 1. The second kappa shape index (κ2) is 5.77. The normalized spacial score (nSPS) is 10.0. The molecule has 0 aliphatic heterocycles. The van der Waals surface area contributed by atoms with Crippen LogP contribution in [-0.2, 0) is 9.53 Å². The predicted molar refractivity (Wildman–Crippen MR) is 58.8 cm³/mol. The van der Waals surface area contributed by atoms with Crippen LogP contribution in [-0.4, -0.2) is 28.8 Å². The maximum Gasteiger partial charge on any atom is 0.306 e. The molecule has 1 rings (SSSR count). The summed E-state index contributed by atoms with van der Waals surface area (Å²) in [4.78, 5) is 18.7. The molecule has 0 aliphatic rings. The summed E-state index contributed by atoms with van der Waals surface area (Å²) in [7, 11) is 1.35. The van der Waals surface area contributed by atoms with Gasteiger partial charge in [-0.3, -0.25) is 4.79 Å². The lowest BCUT2D eigenvalue weighted by atomic mass is 10.5. The molecule has 1 aromatic heterocycles. The summed E-state index contributed by atoms with van der Waals surface area (Å²) in [5, 5.41) is 0.756. The van der Waals surface area contributed by atoms with Crippen LogP contribution in [0, 0.1) is 0 Å². The Morgan fingerprint density at radius 3 is 3.00 bits per heavy atom. The highest BCUT2D eigenvalue weighted by molar-refractivity contribution is 7.99. The monoisotopic (exact) mass is 247 g/mol. The molecule has 0 radical (unpaired) electrons. The molecule has 82 valence electrons. The molecule has 15 heavy (non-hydrogen) atoms. The van der Waals surface area contributed by atoms with E-state index in [9.17, 15) is 4.79 Å². The Morgan fingerprint density at radius 1 is 1.67 bits per heavy atom. The number of aromatic nitrogens is 2. The van der Waals surface area contributed by atoms with Crippen LogP contribution in [0.1, 0.15) is 6.42 Å². The molecule has 5 nitrogen and oxygen atoms in total. The standard InChI is InChI=1S/C8H10ClN3O2S/c1-14-7(13)2-3-15-8-11-5(9)4-6(10)12-8/h4H,2-3H2,1H3,(H2,10,11,12). The van der Waals surface area contributed by atoms with Crippen molar-refractivity contribution in [2.75, 3.05) is 18.6 Å². The van der Waals surface area contributed by atoms with Gasteiger partial charge in [-0.1, -0.05) is 23.4 Å². The van der Waals surface area contributed by atoms with Crippen LogP contribution >= 0.6 is 23.4 Å². The van der Waals surface area contributed by atoms with Crippen LogP contribution in [0.2, 0.25) is 5.15 Å². The maximum absolute atomic E-state index is 10.8. The second-order valence-electron chi connectivity index (χ2n) is 2.57. The van der Waals surface area contributed by atoms with Crippen LogP contribution in [0.25, 0.3) is 0 Å². The van der Waals surface area contributed by atoms with Crippen LogP contribution in [0.3, 0.4) is 0 Å². The first kappa shape index (κ1) is 12.1. The number of ether oxygens (including phenoxy) is 1. The van der Waals surface area contributed by atoms with E-state index < -0.39 is 0 Å². The van der Waals surface area contributed by atoms with Crippen molar-refractivity contribution in [3.05, 3.63) is 11.2 Å². The third-order valence-electron chi connectivity index (χ3n) is 1.46. The van der Waals surface area contributed by atoms with E-state index in [0.717, 1.165) is 0 Å². The minimum Gasteiger partial charge on any atom is -0.469 e. The third-order valence-corrected chi connectivity index (χ3v) is 2.50. The lowest BCUT2D eigenvalue weighted by Gasteiger charge is -2.01. The van der Waals surface area contributed by atoms with E-state index in [1.807, 2.05) is 0 Å². The van der Waals surface area contributed by atoms with E-state index in [0.29, 0.717) is 28.3 Å². The molecular formula is C8H10ClN3O2S. The molecule has 0 aliphatic carbocycles. The molecular weight excluding hydrogens is 238 g/mol. The zero-order chi connectivity index (χ0) is 11.3. The highest BCUT2D eigenvalue weighted by Crippen LogP contribution is 2.18. The van der Waals surface area contributed by atoms with Gasteiger partial charge in [0.1, 0.15) is 11.0 Å². The SMILES string of the molecule is COC(=O)CCSc1nc(N)cc(Cl)n1. The summed E-state index contributed by atoms with van der Waals surface area (Å²) in [6.45, 7) is 0. The summed E-state index contributed by atoms with van der Waals surface area (Å²) in [6.07, 6.45) is 0.303. The van der Waals surface area contributed by atoms with Crippen LogP contribution in [0.15, 0.2) is 11.2 Å². The van der Waals surface area contributed by atoms with Gasteiger partial charge in [0.05, 0.1) is 13.5 Å². The Labute approximate surface area is 96.4 Å². The number of anilines is 1. The fraction of sp³-hybridized carbons (Fsp3) is 0.375. The summed E-state index contributed by atoms with van der Waals surface area (Å²) in [5.41, 5.74) is 5.48. The van der Waals surface area contributed by atoms with Gasteiger partial charge in [0, 0.05) is 11.8 Å². The van der Waals surface area contributed by atoms with Crippen molar-refractivity contribution in [3.8, 4) is 0 Å². The van der Waals surface area contributed by atoms with Gasteiger partial charge in [-0.2, -0.15) is 0 Å². The number of halogens is 1. The van der Waals surface area contributed by atoms with Crippen molar-refractivity contribution in [2.45, 2.75) is 11.6 Å². The smallest absolute Gasteiger partial charge is 0.306 e. The summed E-state index contributed by atoms with van der Waals surface area (Å²) < 4.78 is 4.49. The number of nitrogen functional groups attached to an aromatic ring is 1.